The number of anilines is 1. The molecule has 0 bridgehead atoms. The summed E-state index contributed by atoms with van der Waals surface area (Å²) in [5.74, 6) is 0. The number of nitrogens with zero attached hydrogens (tertiary/aromatic N) is 3. The van der Waals surface area contributed by atoms with Crippen molar-refractivity contribution in [1.29, 1.82) is 0 Å². The average molecular weight is 345 g/mol. The maximum Gasteiger partial charge on any atom is 0.267 e. The van der Waals surface area contributed by atoms with Gasteiger partial charge in [0.15, 0.2) is 0 Å². The average Bonchev–Trinajstić information content (AvgIpc) is 2.71. The van der Waals surface area contributed by atoms with E-state index in [2.05, 4.69) is 34.3 Å². The van der Waals surface area contributed by atoms with Crippen molar-refractivity contribution in [3.8, 4) is 11.3 Å². The maximum atomic E-state index is 12.2. The molecule has 1 fully saturated rings. The van der Waals surface area contributed by atoms with Gasteiger partial charge < -0.3 is 4.90 Å². The van der Waals surface area contributed by atoms with Crippen molar-refractivity contribution in [3.63, 3.8) is 0 Å². The van der Waals surface area contributed by atoms with E-state index in [-0.39, 0.29) is 5.56 Å². The quantitative estimate of drug-likeness (QED) is 0.719. The van der Waals surface area contributed by atoms with Gasteiger partial charge in [0.1, 0.15) is 0 Å². The van der Waals surface area contributed by atoms with Gasteiger partial charge in [-0.05, 0) is 43.0 Å². The molecule has 0 radical (unpaired) electrons. The van der Waals surface area contributed by atoms with Crippen LogP contribution in [-0.2, 0) is 6.54 Å². The van der Waals surface area contributed by atoms with Gasteiger partial charge in [-0.25, -0.2) is 4.68 Å². The molecule has 0 saturated carbocycles. The predicted octanol–water partition coefficient (Wildman–Crippen LogP) is 3.95. The molecule has 3 aromatic rings. The van der Waals surface area contributed by atoms with Gasteiger partial charge in [0, 0.05) is 30.4 Å². The molecule has 0 aliphatic carbocycles. The first-order valence-electron chi connectivity index (χ1n) is 9.27. The first-order valence-corrected chi connectivity index (χ1v) is 9.27. The molecule has 26 heavy (non-hydrogen) atoms. The van der Waals surface area contributed by atoms with Crippen LogP contribution in [0.4, 0.5) is 5.69 Å². The van der Waals surface area contributed by atoms with Crippen LogP contribution in [0.1, 0.15) is 24.8 Å². The number of rotatable bonds is 4. The summed E-state index contributed by atoms with van der Waals surface area (Å²) in [6.45, 7) is 2.76. The van der Waals surface area contributed by atoms with Gasteiger partial charge in [0.2, 0.25) is 0 Å². The smallest absolute Gasteiger partial charge is 0.267 e. The van der Waals surface area contributed by atoms with Crippen molar-refractivity contribution in [2.45, 2.75) is 25.8 Å². The Balaban J connectivity index is 1.57. The summed E-state index contributed by atoms with van der Waals surface area (Å²) in [4.78, 5) is 14.6. The van der Waals surface area contributed by atoms with Crippen LogP contribution in [0.3, 0.4) is 0 Å². The van der Waals surface area contributed by atoms with Gasteiger partial charge in [-0.3, -0.25) is 4.79 Å². The van der Waals surface area contributed by atoms with Crippen LogP contribution < -0.4 is 10.5 Å². The number of benzene rings is 2. The van der Waals surface area contributed by atoms with E-state index in [0.717, 1.165) is 29.9 Å². The summed E-state index contributed by atoms with van der Waals surface area (Å²) >= 11 is 0. The van der Waals surface area contributed by atoms with E-state index >= 15 is 0 Å². The van der Waals surface area contributed by atoms with E-state index in [9.17, 15) is 4.79 Å². The number of aromatic nitrogens is 2. The fraction of sp³-hybridized carbons (Fsp3) is 0.273. The van der Waals surface area contributed by atoms with Crippen molar-refractivity contribution in [2.24, 2.45) is 0 Å². The second kappa shape index (κ2) is 7.56. The third-order valence-electron chi connectivity index (χ3n) is 4.93. The Kier molecular flexibility index (Phi) is 4.82. The molecule has 2 aromatic carbocycles. The summed E-state index contributed by atoms with van der Waals surface area (Å²) in [5.41, 5.74) is 4.12. The molecule has 0 N–H and O–H groups in total. The highest BCUT2D eigenvalue weighted by atomic mass is 16.1. The highest BCUT2D eigenvalue weighted by molar-refractivity contribution is 5.62. The highest BCUT2D eigenvalue weighted by Gasteiger charge is 2.11. The van der Waals surface area contributed by atoms with Crippen molar-refractivity contribution in [2.75, 3.05) is 18.0 Å². The molecule has 1 aliphatic heterocycles. The predicted molar refractivity (Wildman–Crippen MR) is 106 cm³/mol. The van der Waals surface area contributed by atoms with Gasteiger partial charge in [-0.1, -0.05) is 42.5 Å². The molecule has 1 saturated heterocycles. The van der Waals surface area contributed by atoms with Gasteiger partial charge in [0.05, 0.1) is 12.2 Å². The summed E-state index contributed by atoms with van der Waals surface area (Å²) < 4.78 is 1.53. The lowest BCUT2D eigenvalue weighted by molar-refractivity contribution is 0.578. The molecule has 4 nitrogen and oxygen atoms in total. The second-order valence-corrected chi connectivity index (χ2v) is 6.79. The zero-order valence-electron chi connectivity index (χ0n) is 14.8. The van der Waals surface area contributed by atoms with Crippen LogP contribution in [0.25, 0.3) is 11.3 Å². The van der Waals surface area contributed by atoms with Gasteiger partial charge in [0.25, 0.3) is 5.56 Å². The van der Waals surface area contributed by atoms with Crippen molar-refractivity contribution in [1.82, 2.24) is 9.78 Å². The Morgan fingerprint density at radius 2 is 1.54 bits per heavy atom. The molecule has 132 valence electrons. The maximum absolute atomic E-state index is 12.2. The molecule has 2 heterocycles. The standard InChI is InChI=1S/C22H23N3O/c26-22-14-13-21(23-25(22)17-18-7-3-1-4-8-18)19-9-11-20(12-10-19)24-15-5-2-6-16-24/h1,3-4,7-14H,2,5-6,15-17H2. The third kappa shape index (κ3) is 3.69. The van der Waals surface area contributed by atoms with Crippen LogP contribution >= 0.6 is 0 Å². The second-order valence-electron chi connectivity index (χ2n) is 6.79. The van der Waals surface area contributed by atoms with Crippen LogP contribution in [0.5, 0.6) is 0 Å². The Morgan fingerprint density at radius 1 is 0.808 bits per heavy atom. The first-order chi connectivity index (χ1) is 12.8. The minimum Gasteiger partial charge on any atom is -0.372 e. The third-order valence-corrected chi connectivity index (χ3v) is 4.93. The number of hydrogen-bond acceptors (Lipinski definition) is 3. The van der Waals surface area contributed by atoms with Crippen LogP contribution in [0.15, 0.2) is 71.5 Å². The summed E-state index contributed by atoms with van der Waals surface area (Å²) in [6.07, 6.45) is 3.88. The largest absolute Gasteiger partial charge is 0.372 e. The van der Waals surface area contributed by atoms with Gasteiger partial charge in [-0.2, -0.15) is 5.10 Å². The zero-order valence-corrected chi connectivity index (χ0v) is 14.8. The van der Waals surface area contributed by atoms with E-state index in [1.54, 1.807) is 12.1 Å². The minimum atomic E-state index is -0.0810. The molecule has 1 aromatic heterocycles. The Morgan fingerprint density at radius 3 is 2.27 bits per heavy atom. The molecule has 4 heteroatoms. The summed E-state index contributed by atoms with van der Waals surface area (Å²) in [7, 11) is 0. The highest BCUT2D eigenvalue weighted by Crippen LogP contribution is 2.23. The van der Waals surface area contributed by atoms with Gasteiger partial charge >= 0.3 is 0 Å². The van der Waals surface area contributed by atoms with E-state index in [1.165, 1.54) is 29.6 Å². The molecule has 0 unspecified atom stereocenters. The monoisotopic (exact) mass is 345 g/mol. The Bertz CT molecular complexity index is 910. The van der Waals surface area contributed by atoms with Crippen LogP contribution in [0.2, 0.25) is 0 Å². The SMILES string of the molecule is O=c1ccc(-c2ccc(N3CCCCC3)cc2)nn1Cc1ccccc1. The molecule has 1 aliphatic rings. The molecule has 0 amide bonds. The van der Waals surface area contributed by atoms with E-state index in [0.29, 0.717) is 6.54 Å². The fourth-order valence-corrected chi connectivity index (χ4v) is 3.47. The first kappa shape index (κ1) is 16.6. The lowest BCUT2D eigenvalue weighted by Crippen LogP contribution is -2.29. The lowest BCUT2D eigenvalue weighted by atomic mass is 10.1. The van der Waals surface area contributed by atoms with E-state index in [1.807, 2.05) is 30.3 Å². The minimum absolute atomic E-state index is 0.0810. The summed E-state index contributed by atoms with van der Waals surface area (Å²) in [6, 6.07) is 21.9. The van der Waals surface area contributed by atoms with Crippen molar-refractivity contribution in [3.05, 3.63) is 82.6 Å². The van der Waals surface area contributed by atoms with Crippen LogP contribution in [-0.4, -0.2) is 22.9 Å². The fourth-order valence-electron chi connectivity index (χ4n) is 3.47. The zero-order chi connectivity index (χ0) is 17.8. The Hall–Kier alpha value is -2.88. The van der Waals surface area contributed by atoms with Gasteiger partial charge in [-0.15, -0.1) is 0 Å². The lowest BCUT2D eigenvalue weighted by Gasteiger charge is -2.28. The van der Waals surface area contributed by atoms with E-state index < -0.39 is 0 Å². The molecular weight excluding hydrogens is 322 g/mol. The molecular formula is C22H23N3O. The van der Waals surface area contributed by atoms with Crippen molar-refractivity contribution >= 4 is 5.69 Å². The molecule has 0 atom stereocenters. The van der Waals surface area contributed by atoms with Crippen LogP contribution in [0, 0.1) is 0 Å². The van der Waals surface area contributed by atoms with E-state index in [4.69, 9.17) is 0 Å². The van der Waals surface area contributed by atoms with Crippen molar-refractivity contribution < 1.29 is 0 Å². The summed E-state index contributed by atoms with van der Waals surface area (Å²) in [5, 5.41) is 4.57. The number of hydrogen-bond donors (Lipinski definition) is 0. The molecule has 4 rings (SSSR count). The Labute approximate surface area is 153 Å². The normalized spacial score (nSPS) is 14.4. The number of piperidine rings is 1. The topological polar surface area (TPSA) is 38.1 Å². The molecule has 0 spiro atoms.